The Hall–Kier alpha value is -2.90. The highest BCUT2D eigenvalue weighted by molar-refractivity contribution is 6.00. The highest BCUT2D eigenvalue weighted by Gasteiger charge is 2.50. The van der Waals surface area contributed by atoms with E-state index in [1.807, 2.05) is 0 Å². The van der Waals surface area contributed by atoms with E-state index in [0.717, 1.165) is 6.20 Å². The molecule has 8 heteroatoms. The smallest absolute Gasteiger partial charge is 0.372 e. The van der Waals surface area contributed by atoms with Crippen molar-refractivity contribution in [2.75, 3.05) is 5.32 Å². The highest BCUT2D eigenvalue weighted by atomic mass is 19.4. The fraction of sp³-hybridized carbons (Fsp3) is 0.300. The summed E-state index contributed by atoms with van der Waals surface area (Å²) in [7, 11) is 0. The first-order valence-electron chi connectivity index (χ1n) is 8.90. The highest BCUT2D eigenvalue weighted by Crippen LogP contribution is 2.46. The van der Waals surface area contributed by atoms with Gasteiger partial charge in [0, 0.05) is 23.7 Å². The average molecular weight is 391 g/mol. The largest absolute Gasteiger partial charge is 0.419 e. The summed E-state index contributed by atoms with van der Waals surface area (Å²) in [4.78, 5) is 19.1. The van der Waals surface area contributed by atoms with Crippen LogP contribution < -0.4 is 5.32 Å². The number of Topliss-reactive ketones (excluding diaryl/α,β-unsaturated/α-hetero) is 1. The third-order valence-electron chi connectivity index (χ3n) is 5.09. The van der Waals surface area contributed by atoms with Crippen molar-refractivity contribution in [2.24, 2.45) is 0 Å². The van der Waals surface area contributed by atoms with Crippen LogP contribution >= 0.6 is 0 Å². The van der Waals surface area contributed by atoms with E-state index in [0.29, 0.717) is 24.1 Å². The maximum atomic E-state index is 13.6. The van der Waals surface area contributed by atoms with E-state index in [-0.39, 0.29) is 28.9 Å². The minimum atomic E-state index is -4.62. The van der Waals surface area contributed by atoms with Crippen molar-refractivity contribution in [2.45, 2.75) is 37.9 Å². The zero-order valence-corrected chi connectivity index (χ0v) is 15.0. The number of H-pyrrole nitrogens is 1. The summed E-state index contributed by atoms with van der Waals surface area (Å²) in [6.07, 6.45) is -2.62. The Kier molecular flexibility index (Phi) is 4.17. The third-order valence-corrected chi connectivity index (χ3v) is 5.09. The van der Waals surface area contributed by atoms with Crippen molar-refractivity contribution in [3.05, 3.63) is 47.9 Å². The second-order valence-corrected chi connectivity index (χ2v) is 6.98. The molecule has 1 saturated carbocycles. The first-order chi connectivity index (χ1) is 13.2. The molecule has 1 aliphatic carbocycles. The molecule has 1 aliphatic rings. The molecule has 1 aromatic carbocycles. The van der Waals surface area contributed by atoms with Crippen LogP contribution in [0, 0.1) is 5.82 Å². The van der Waals surface area contributed by atoms with E-state index >= 15 is 0 Å². The van der Waals surface area contributed by atoms with Crippen LogP contribution in [-0.4, -0.2) is 21.3 Å². The lowest BCUT2D eigenvalue weighted by Crippen LogP contribution is -2.32. The monoisotopic (exact) mass is 391 g/mol. The number of anilines is 1. The van der Waals surface area contributed by atoms with E-state index in [9.17, 15) is 22.4 Å². The number of nitrogens with one attached hydrogen (secondary N) is 2. The molecule has 1 fully saturated rings. The minimum absolute atomic E-state index is 0.111. The summed E-state index contributed by atoms with van der Waals surface area (Å²) < 4.78 is 54.0. The molecule has 0 spiro atoms. The molecule has 0 unspecified atom stereocenters. The molecule has 0 radical (unpaired) electrons. The van der Waals surface area contributed by atoms with Crippen LogP contribution in [0.25, 0.3) is 22.3 Å². The minimum Gasteiger partial charge on any atom is -0.372 e. The number of alkyl halides is 3. The number of aromatic amines is 1. The average Bonchev–Trinajstić information content (AvgIpc) is 3.30. The molecule has 146 valence electrons. The van der Waals surface area contributed by atoms with Gasteiger partial charge in [0.25, 0.3) is 0 Å². The van der Waals surface area contributed by atoms with Crippen LogP contribution in [0.15, 0.2) is 36.5 Å². The SMILES string of the molecule is CCC(=O)C1(Nc2c(C(F)(F)F)cnc3[nH]c(-c4ccc(F)cc4)cc23)CC1. The number of nitrogens with zero attached hydrogens (tertiary/aromatic N) is 1. The predicted octanol–water partition coefficient (Wildman–Crippen LogP) is 5.31. The van der Waals surface area contributed by atoms with Gasteiger partial charge in [0.15, 0.2) is 5.78 Å². The summed E-state index contributed by atoms with van der Waals surface area (Å²) in [5.74, 6) is -0.520. The zero-order chi connectivity index (χ0) is 20.1. The van der Waals surface area contributed by atoms with Crippen LogP contribution in [-0.2, 0) is 11.0 Å². The van der Waals surface area contributed by atoms with E-state index in [1.165, 1.54) is 24.3 Å². The number of aromatic nitrogens is 2. The number of ketones is 1. The molecule has 0 bridgehead atoms. The molecule has 4 rings (SSSR count). The second kappa shape index (κ2) is 6.32. The standard InChI is InChI=1S/C20H17F4N3O/c1-2-16(28)19(7-8-19)27-17-13-9-15(11-3-5-12(21)6-4-11)26-18(13)25-10-14(17)20(22,23)24/h3-6,9-10H,2,7-8H2,1H3,(H2,25,26,27). The van der Waals surface area contributed by atoms with Gasteiger partial charge in [-0.15, -0.1) is 0 Å². The molecule has 0 aliphatic heterocycles. The van der Waals surface area contributed by atoms with Gasteiger partial charge in [-0.2, -0.15) is 13.2 Å². The van der Waals surface area contributed by atoms with Crippen molar-refractivity contribution in [3.63, 3.8) is 0 Å². The number of carbonyl (C=O) groups excluding carboxylic acids is 1. The Labute approximate surface area is 158 Å². The summed E-state index contributed by atoms with van der Waals surface area (Å²) >= 11 is 0. The number of rotatable bonds is 5. The number of benzene rings is 1. The number of fused-ring (bicyclic) bond motifs is 1. The van der Waals surface area contributed by atoms with Crippen LogP contribution in [0.1, 0.15) is 31.7 Å². The molecule has 2 heterocycles. The molecule has 0 atom stereocenters. The first-order valence-corrected chi connectivity index (χ1v) is 8.90. The lowest BCUT2D eigenvalue weighted by atomic mass is 10.1. The quantitative estimate of drug-likeness (QED) is 0.580. The molecule has 2 aromatic heterocycles. The fourth-order valence-electron chi connectivity index (χ4n) is 3.39. The second-order valence-electron chi connectivity index (χ2n) is 6.98. The Bertz CT molecular complexity index is 1050. The van der Waals surface area contributed by atoms with Gasteiger partial charge in [0.2, 0.25) is 0 Å². The van der Waals surface area contributed by atoms with Crippen molar-refractivity contribution in [1.29, 1.82) is 0 Å². The van der Waals surface area contributed by atoms with Crippen molar-refractivity contribution in [1.82, 2.24) is 9.97 Å². The molecule has 4 nitrogen and oxygen atoms in total. The summed E-state index contributed by atoms with van der Waals surface area (Å²) in [5.41, 5.74) is -0.631. The molecule has 0 saturated heterocycles. The van der Waals surface area contributed by atoms with Gasteiger partial charge in [-0.05, 0) is 48.7 Å². The maximum Gasteiger partial charge on any atom is 0.419 e. The number of carbonyl (C=O) groups is 1. The Morgan fingerprint density at radius 3 is 2.50 bits per heavy atom. The Morgan fingerprint density at radius 1 is 1.25 bits per heavy atom. The lowest BCUT2D eigenvalue weighted by Gasteiger charge is -2.21. The molecule has 0 amide bonds. The van der Waals surface area contributed by atoms with E-state index in [2.05, 4.69) is 15.3 Å². The van der Waals surface area contributed by atoms with E-state index < -0.39 is 23.1 Å². The molecular weight excluding hydrogens is 374 g/mol. The molecule has 2 N–H and O–H groups in total. The van der Waals surface area contributed by atoms with Gasteiger partial charge in [-0.1, -0.05) is 6.92 Å². The zero-order valence-electron chi connectivity index (χ0n) is 15.0. The number of hydrogen-bond donors (Lipinski definition) is 2. The van der Waals surface area contributed by atoms with Gasteiger partial charge in [-0.25, -0.2) is 9.37 Å². The van der Waals surface area contributed by atoms with E-state index in [1.54, 1.807) is 13.0 Å². The van der Waals surface area contributed by atoms with Crippen molar-refractivity contribution >= 4 is 22.5 Å². The molecule has 3 aromatic rings. The lowest BCUT2D eigenvalue weighted by molar-refractivity contribution is -0.137. The summed E-state index contributed by atoms with van der Waals surface area (Å²) in [6.45, 7) is 1.69. The van der Waals surface area contributed by atoms with Gasteiger partial charge in [0.1, 0.15) is 11.5 Å². The van der Waals surface area contributed by atoms with Crippen molar-refractivity contribution in [3.8, 4) is 11.3 Å². The Morgan fingerprint density at radius 2 is 1.93 bits per heavy atom. The number of halogens is 4. The van der Waals surface area contributed by atoms with Crippen LogP contribution in [0.3, 0.4) is 0 Å². The number of pyridine rings is 1. The summed E-state index contributed by atoms with van der Waals surface area (Å²) in [6, 6.07) is 7.14. The normalized spacial score (nSPS) is 15.6. The van der Waals surface area contributed by atoms with Crippen molar-refractivity contribution < 1.29 is 22.4 Å². The van der Waals surface area contributed by atoms with E-state index in [4.69, 9.17) is 0 Å². The van der Waals surface area contributed by atoms with Crippen LogP contribution in [0.4, 0.5) is 23.2 Å². The molecule has 28 heavy (non-hydrogen) atoms. The van der Waals surface area contributed by atoms with Gasteiger partial charge < -0.3 is 10.3 Å². The third kappa shape index (κ3) is 3.12. The topological polar surface area (TPSA) is 57.8 Å². The van der Waals surface area contributed by atoms with Crippen LogP contribution in [0.2, 0.25) is 0 Å². The molecular formula is C20H17F4N3O. The van der Waals surface area contributed by atoms with Gasteiger partial charge in [0.05, 0.1) is 16.8 Å². The first kappa shape index (κ1) is 18.5. The predicted molar refractivity (Wildman–Crippen MR) is 97.4 cm³/mol. The van der Waals surface area contributed by atoms with Crippen LogP contribution in [0.5, 0.6) is 0 Å². The Balaban J connectivity index is 1.86. The van der Waals surface area contributed by atoms with Gasteiger partial charge >= 0.3 is 6.18 Å². The van der Waals surface area contributed by atoms with Gasteiger partial charge in [-0.3, -0.25) is 4.79 Å². The fourth-order valence-corrected chi connectivity index (χ4v) is 3.39. The summed E-state index contributed by atoms with van der Waals surface area (Å²) in [5, 5.41) is 3.12. The number of hydrogen-bond acceptors (Lipinski definition) is 3. The maximum absolute atomic E-state index is 13.6.